The molecule has 28 heavy (non-hydrogen) atoms. The van der Waals surface area contributed by atoms with E-state index in [0.717, 1.165) is 11.1 Å². The zero-order valence-electron chi connectivity index (χ0n) is 16.8. The van der Waals surface area contributed by atoms with Gasteiger partial charge in [-0.2, -0.15) is 0 Å². The van der Waals surface area contributed by atoms with Crippen molar-refractivity contribution in [3.05, 3.63) is 59.7 Å². The Morgan fingerprint density at radius 1 is 1.04 bits per heavy atom. The molecule has 3 rings (SSSR count). The van der Waals surface area contributed by atoms with Crippen molar-refractivity contribution in [3.63, 3.8) is 0 Å². The summed E-state index contributed by atoms with van der Waals surface area (Å²) in [6, 6.07) is 15.1. The Morgan fingerprint density at radius 2 is 1.68 bits per heavy atom. The molecule has 148 valence electrons. The topological polar surface area (TPSA) is 58.6 Å². The lowest BCUT2D eigenvalue weighted by Crippen LogP contribution is -2.41. The van der Waals surface area contributed by atoms with Crippen molar-refractivity contribution in [3.8, 4) is 5.75 Å². The van der Waals surface area contributed by atoms with E-state index >= 15 is 0 Å². The third kappa shape index (κ3) is 4.71. The number of hydrogen-bond acceptors (Lipinski definition) is 3. The van der Waals surface area contributed by atoms with Crippen LogP contribution in [0.25, 0.3) is 0 Å². The van der Waals surface area contributed by atoms with Crippen LogP contribution in [0.5, 0.6) is 5.75 Å². The van der Waals surface area contributed by atoms with E-state index in [4.69, 9.17) is 4.74 Å². The molecule has 0 atom stereocenters. The zero-order valence-corrected chi connectivity index (χ0v) is 16.8. The first kappa shape index (κ1) is 19.9. The lowest BCUT2D eigenvalue weighted by atomic mass is 9.95. The molecule has 1 fully saturated rings. The van der Waals surface area contributed by atoms with Crippen molar-refractivity contribution in [2.24, 2.45) is 5.92 Å². The summed E-state index contributed by atoms with van der Waals surface area (Å²) >= 11 is 0. The van der Waals surface area contributed by atoms with Gasteiger partial charge < -0.3 is 15.0 Å². The largest absolute Gasteiger partial charge is 0.489 e. The van der Waals surface area contributed by atoms with Gasteiger partial charge in [-0.05, 0) is 57.4 Å². The number of benzene rings is 2. The molecule has 1 saturated heterocycles. The lowest BCUT2D eigenvalue weighted by molar-refractivity contribution is -0.121. The smallest absolute Gasteiger partial charge is 0.254 e. The highest BCUT2D eigenvalue weighted by molar-refractivity contribution is 5.96. The van der Waals surface area contributed by atoms with E-state index in [-0.39, 0.29) is 23.8 Å². The monoisotopic (exact) mass is 380 g/mol. The van der Waals surface area contributed by atoms with Crippen LogP contribution in [0.1, 0.15) is 42.6 Å². The molecule has 0 saturated carbocycles. The van der Waals surface area contributed by atoms with Gasteiger partial charge in [0.1, 0.15) is 5.75 Å². The van der Waals surface area contributed by atoms with Gasteiger partial charge in [-0.25, -0.2) is 0 Å². The van der Waals surface area contributed by atoms with Gasteiger partial charge in [-0.3, -0.25) is 9.59 Å². The Morgan fingerprint density at radius 3 is 2.36 bits per heavy atom. The number of para-hydroxylation sites is 2. The van der Waals surface area contributed by atoms with E-state index in [1.807, 2.05) is 74.2 Å². The van der Waals surface area contributed by atoms with Crippen LogP contribution in [-0.2, 0) is 4.79 Å². The van der Waals surface area contributed by atoms with Crippen molar-refractivity contribution in [2.75, 3.05) is 18.4 Å². The number of carbonyl (C=O) groups excluding carboxylic acids is 2. The van der Waals surface area contributed by atoms with Gasteiger partial charge in [-0.1, -0.05) is 30.3 Å². The summed E-state index contributed by atoms with van der Waals surface area (Å²) in [4.78, 5) is 27.3. The van der Waals surface area contributed by atoms with Gasteiger partial charge in [0.15, 0.2) is 0 Å². The predicted molar refractivity (Wildman–Crippen MR) is 111 cm³/mol. The van der Waals surface area contributed by atoms with Gasteiger partial charge in [0.25, 0.3) is 5.91 Å². The molecular formula is C23H28N2O3. The van der Waals surface area contributed by atoms with E-state index in [9.17, 15) is 9.59 Å². The fourth-order valence-corrected chi connectivity index (χ4v) is 3.49. The van der Waals surface area contributed by atoms with Gasteiger partial charge in [-0.15, -0.1) is 0 Å². The first-order valence-electron chi connectivity index (χ1n) is 9.87. The van der Waals surface area contributed by atoms with Crippen LogP contribution in [0, 0.1) is 12.8 Å². The maximum atomic E-state index is 12.7. The molecule has 0 spiro atoms. The summed E-state index contributed by atoms with van der Waals surface area (Å²) in [5, 5.41) is 3.00. The number of ether oxygens (including phenoxy) is 1. The standard InChI is InChI=1S/C23H28N2O3/c1-16(2)28-21-11-7-6-10-20(21)24-22(26)18-12-14-25(15-13-18)23(27)19-9-5-4-8-17(19)3/h4-11,16,18H,12-15H2,1-3H3,(H,24,26). The number of anilines is 1. The molecular weight excluding hydrogens is 352 g/mol. The number of aryl methyl sites for hydroxylation is 1. The predicted octanol–water partition coefficient (Wildman–Crippen LogP) is 4.27. The van der Waals surface area contributed by atoms with E-state index in [0.29, 0.717) is 37.4 Å². The van der Waals surface area contributed by atoms with Crippen LogP contribution in [0.2, 0.25) is 0 Å². The Labute approximate surface area is 166 Å². The summed E-state index contributed by atoms with van der Waals surface area (Å²) in [5.74, 6) is 0.612. The Balaban J connectivity index is 1.59. The third-order valence-corrected chi connectivity index (χ3v) is 5.04. The van der Waals surface area contributed by atoms with Gasteiger partial charge in [0, 0.05) is 24.6 Å². The zero-order chi connectivity index (χ0) is 20.1. The quantitative estimate of drug-likeness (QED) is 0.843. The van der Waals surface area contributed by atoms with Gasteiger partial charge >= 0.3 is 0 Å². The van der Waals surface area contributed by atoms with Crippen LogP contribution in [0.15, 0.2) is 48.5 Å². The van der Waals surface area contributed by atoms with Crippen molar-refractivity contribution in [1.29, 1.82) is 0 Å². The number of nitrogens with zero attached hydrogens (tertiary/aromatic N) is 1. The molecule has 2 aromatic rings. The molecule has 0 unspecified atom stereocenters. The highest BCUT2D eigenvalue weighted by atomic mass is 16.5. The molecule has 2 amide bonds. The highest BCUT2D eigenvalue weighted by Crippen LogP contribution is 2.27. The Kier molecular flexibility index (Phi) is 6.34. The minimum absolute atomic E-state index is 0.0113. The number of rotatable bonds is 5. The summed E-state index contributed by atoms with van der Waals surface area (Å²) in [6.45, 7) is 7.05. The van der Waals surface area contributed by atoms with Crippen LogP contribution >= 0.6 is 0 Å². The second-order valence-corrected chi connectivity index (χ2v) is 7.53. The molecule has 1 heterocycles. The fraction of sp³-hybridized carbons (Fsp3) is 0.391. The van der Waals surface area contributed by atoms with Crippen molar-refractivity contribution < 1.29 is 14.3 Å². The molecule has 5 nitrogen and oxygen atoms in total. The number of carbonyl (C=O) groups is 2. The average molecular weight is 380 g/mol. The number of amides is 2. The minimum atomic E-state index is -0.104. The molecule has 0 radical (unpaired) electrons. The normalized spacial score (nSPS) is 14.8. The molecule has 0 aromatic heterocycles. The maximum Gasteiger partial charge on any atom is 0.254 e. The molecule has 1 aliphatic rings. The van der Waals surface area contributed by atoms with E-state index in [1.165, 1.54) is 0 Å². The van der Waals surface area contributed by atoms with Crippen LogP contribution in [0.4, 0.5) is 5.69 Å². The number of likely N-dealkylation sites (tertiary alicyclic amines) is 1. The second-order valence-electron chi connectivity index (χ2n) is 7.53. The molecule has 1 N–H and O–H groups in total. The lowest BCUT2D eigenvalue weighted by Gasteiger charge is -2.32. The van der Waals surface area contributed by atoms with Crippen molar-refractivity contribution in [1.82, 2.24) is 4.90 Å². The maximum absolute atomic E-state index is 12.7. The summed E-state index contributed by atoms with van der Waals surface area (Å²) < 4.78 is 5.77. The molecule has 0 aliphatic carbocycles. The number of nitrogens with one attached hydrogen (secondary N) is 1. The average Bonchev–Trinajstić information content (AvgIpc) is 2.69. The Bertz CT molecular complexity index is 839. The minimum Gasteiger partial charge on any atom is -0.489 e. The van der Waals surface area contributed by atoms with Crippen LogP contribution in [-0.4, -0.2) is 35.9 Å². The second kappa shape index (κ2) is 8.91. The number of piperidine rings is 1. The van der Waals surface area contributed by atoms with Gasteiger partial charge in [0.2, 0.25) is 5.91 Å². The molecule has 2 aromatic carbocycles. The van der Waals surface area contributed by atoms with E-state index in [1.54, 1.807) is 0 Å². The van der Waals surface area contributed by atoms with E-state index < -0.39 is 0 Å². The number of hydrogen-bond donors (Lipinski definition) is 1. The van der Waals surface area contributed by atoms with Crippen LogP contribution < -0.4 is 10.1 Å². The fourth-order valence-electron chi connectivity index (χ4n) is 3.49. The first-order valence-corrected chi connectivity index (χ1v) is 9.87. The third-order valence-electron chi connectivity index (χ3n) is 5.04. The first-order chi connectivity index (χ1) is 13.5. The van der Waals surface area contributed by atoms with Crippen molar-refractivity contribution >= 4 is 17.5 Å². The Hall–Kier alpha value is -2.82. The van der Waals surface area contributed by atoms with Crippen molar-refractivity contribution in [2.45, 2.75) is 39.7 Å². The highest BCUT2D eigenvalue weighted by Gasteiger charge is 2.28. The van der Waals surface area contributed by atoms with Gasteiger partial charge in [0.05, 0.1) is 11.8 Å². The molecule has 0 bridgehead atoms. The van der Waals surface area contributed by atoms with Crippen LogP contribution in [0.3, 0.4) is 0 Å². The molecule has 5 heteroatoms. The summed E-state index contributed by atoms with van der Waals surface area (Å²) in [5.41, 5.74) is 2.42. The SMILES string of the molecule is Cc1ccccc1C(=O)N1CCC(C(=O)Nc2ccccc2OC(C)C)CC1. The molecule has 1 aliphatic heterocycles. The summed E-state index contributed by atoms with van der Waals surface area (Å²) in [7, 11) is 0. The summed E-state index contributed by atoms with van der Waals surface area (Å²) in [6.07, 6.45) is 1.36. The van der Waals surface area contributed by atoms with E-state index in [2.05, 4.69) is 5.32 Å².